The van der Waals surface area contributed by atoms with E-state index in [1.807, 2.05) is 24.3 Å². The van der Waals surface area contributed by atoms with Crippen molar-refractivity contribution in [2.45, 2.75) is 25.3 Å². The molecule has 0 radical (unpaired) electrons. The summed E-state index contributed by atoms with van der Waals surface area (Å²) in [7, 11) is 1.69. The van der Waals surface area contributed by atoms with E-state index in [-0.39, 0.29) is 11.5 Å². The van der Waals surface area contributed by atoms with E-state index >= 15 is 0 Å². The van der Waals surface area contributed by atoms with E-state index in [0.717, 1.165) is 49.5 Å². The molecular weight excluding hydrogens is 352 g/mol. The predicted octanol–water partition coefficient (Wildman–Crippen LogP) is 3.22. The Kier molecular flexibility index (Phi) is 5.48. The van der Waals surface area contributed by atoms with Crippen LogP contribution >= 0.6 is 0 Å². The molecule has 3 heterocycles. The molecule has 1 aliphatic heterocycles. The van der Waals surface area contributed by atoms with Crippen molar-refractivity contribution < 1.29 is 4.74 Å². The molecule has 0 amide bonds. The van der Waals surface area contributed by atoms with Crippen LogP contribution in [0.15, 0.2) is 59.7 Å². The SMILES string of the molecule is COc1cccc(CN2CCCC(c3cc(=O)[nH]c(-c4ccncc4)n3)C2)c1. The van der Waals surface area contributed by atoms with Gasteiger partial charge in [-0.3, -0.25) is 14.7 Å². The Balaban J connectivity index is 1.53. The Morgan fingerprint density at radius 3 is 2.89 bits per heavy atom. The first-order valence-electron chi connectivity index (χ1n) is 9.58. The topological polar surface area (TPSA) is 71.1 Å². The van der Waals surface area contributed by atoms with E-state index in [1.165, 1.54) is 5.56 Å². The number of aromatic amines is 1. The van der Waals surface area contributed by atoms with Gasteiger partial charge >= 0.3 is 0 Å². The summed E-state index contributed by atoms with van der Waals surface area (Å²) in [5, 5.41) is 0. The van der Waals surface area contributed by atoms with Crippen molar-refractivity contribution in [3.05, 3.63) is 76.5 Å². The van der Waals surface area contributed by atoms with E-state index in [2.05, 4.69) is 27.0 Å². The molecule has 28 heavy (non-hydrogen) atoms. The second-order valence-corrected chi connectivity index (χ2v) is 7.18. The highest BCUT2D eigenvalue weighted by Crippen LogP contribution is 2.27. The Labute approximate surface area is 164 Å². The van der Waals surface area contributed by atoms with Gasteiger partial charge < -0.3 is 9.72 Å². The smallest absolute Gasteiger partial charge is 0.251 e. The van der Waals surface area contributed by atoms with Crippen molar-refractivity contribution in [3.63, 3.8) is 0 Å². The monoisotopic (exact) mass is 376 g/mol. The molecule has 1 unspecified atom stereocenters. The number of methoxy groups -OCH3 is 1. The summed E-state index contributed by atoms with van der Waals surface area (Å²) in [5.41, 5.74) is 2.86. The molecule has 0 bridgehead atoms. The van der Waals surface area contributed by atoms with Gasteiger partial charge in [0, 0.05) is 43.0 Å². The van der Waals surface area contributed by atoms with Gasteiger partial charge in [-0.05, 0) is 49.2 Å². The van der Waals surface area contributed by atoms with Crippen LogP contribution in [0.3, 0.4) is 0 Å². The highest BCUT2D eigenvalue weighted by molar-refractivity contribution is 5.53. The van der Waals surface area contributed by atoms with Gasteiger partial charge in [-0.2, -0.15) is 0 Å². The number of piperidine rings is 1. The number of nitrogens with one attached hydrogen (secondary N) is 1. The van der Waals surface area contributed by atoms with E-state index in [1.54, 1.807) is 25.6 Å². The number of likely N-dealkylation sites (tertiary alicyclic amines) is 1. The average Bonchev–Trinajstić information content (AvgIpc) is 2.74. The third kappa shape index (κ3) is 4.28. The third-order valence-electron chi connectivity index (χ3n) is 5.18. The average molecular weight is 376 g/mol. The molecule has 3 aromatic rings. The fraction of sp³-hybridized carbons (Fsp3) is 0.318. The minimum Gasteiger partial charge on any atom is -0.497 e. The zero-order valence-corrected chi connectivity index (χ0v) is 16.0. The number of hydrogen-bond donors (Lipinski definition) is 1. The Morgan fingerprint density at radius 2 is 2.07 bits per heavy atom. The molecule has 144 valence electrons. The maximum absolute atomic E-state index is 12.2. The first kappa shape index (κ1) is 18.4. The number of rotatable bonds is 5. The van der Waals surface area contributed by atoms with Crippen LogP contribution in [0.5, 0.6) is 5.75 Å². The summed E-state index contributed by atoms with van der Waals surface area (Å²) < 4.78 is 5.33. The molecule has 1 saturated heterocycles. The van der Waals surface area contributed by atoms with E-state index in [9.17, 15) is 4.79 Å². The first-order chi connectivity index (χ1) is 13.7. The van der Waals surface area contributed by atoms with E-state index < -0.39 is 0 Å². The number of nitrogens with zero attached hydrogens (tertiary/aromatic N) is 3. The molecule has 0 aliphatic carbocycles. The maximum Gasteiger partial charge on any atom is 0.251 e. The van der Waals surface area contributed by atoms with Crippen LogP contribution in [-0.2, 0) is 6.54 Å². The summed E-state index contributed by atoms with van der Waals surface area (Å²) in [6, 6.07) is 13.6. The molecular formula is C22H24N4O2. The largest absolute Gasteiger partial charge is 0.497 e. The van der Waals surface area contributed by atoms with Crippen molar-refractivity contribution in [3.8, 4) is 17.1 Å². The quantitative estimate of drug-likeness (QED) is 0.740. The van der Waals surface area contributed by atoms with Crippen molar-refractivity contribution >= 4 is 0 Å². The van der Waals surface area contributed by atoms with Crippen molar-refractivity contribution in [2.24, 2.45) is 0 Å². The molecule has 6 heteroatoms. The molecule has 1 aliphatic rings. The second-order valence-electron chi connectivity index (χ2n) is 7.18. The number of H-pyrrole nitrogens is 1. The van der Waals surface area contributed by atoms with Gasteiger partial charge in [0.05, 0.1) is 12.8 Å². The fourth-order valence-corrected chi connectivity index (χ4v) is 3.80. The van der Waals surface area contributed by atoms with Crippen LogP contribution < -0.4 is 10.3 Å². The van der Waals surface area contributed by atoms with Crippen molar-refractivity contribution in [1.82, 2.24) is 19.9 Å². The molecule has 4 rings (SSSR count). The Hall–Kier alpha value is -2.99. The summed E-state index contributed by atoms with van der Waals surface area (Å²) in [6.45, 7) is 2.81. The summed E-state index contributed by atoms with van der Waals surface area (Å²) in [4.78, 5) is 26.3. The van der Waals surface area contributed by atoms with Crippen LogP contribution in [-0.4, -0.2) is 40.1 Å². The first-order valence-corrected chi connectivity index (χ1v) is 9.58. The van der Waals surface area contributed by atoms with Crippen LogP contribution in [0.1, 0.15) is 30.0 Å². The second kappa shape index (κ2) is 8.35. The number of benzene rings is 1. The van der Waals surface area contributed by atoms with Crippen LogP contribution in [0.4, 0.5) is 0 Å². The lowest BCUT2D eigenvalue weighted by molar-refractivity contribution is 0.198. The minimum absolute atomic E-state index is 0.110. The lowest BCUT2D eigenvalue weighted by atomic mass is 9.94. The molecule has 2 aromatic heterocycles. The van der Waals surface area contributed by atoms with Gasteiger partial charge in [-0.25, -0.2) is 4.98 Å². The molecule has 1 atom stereocenters. The van der Waals surface area contributed by atoms with Gasteiger partial charge in [-0.1, -0.05) is 12.1 Å². The van der Waals surface area contributed by atoms with Gasteiger partial charge in [0.25, 0.3) is 5.56 Å². The lowest BCUT2D eigenvalue weighted by Crippen LogP contribution is -2.34. The van der Waals surface area contributed by atoms with E-state index in [0.29, 0.717) is 5.82 Å². The highest BCUT2D eigenvalue weighted by Gasteiger charge is 2.23. The van der Waals surface area contributed by atoms with Gasteiger partial charge in [0.2, 0.25) is 0 Å². The Bertz CT molecular complexity index is 987. The Morgan fingerprint density at radius 1 is 1.21 bits per heavy atom. The zero-order chi connectivity index (χ0) is 19.3. The van der Waals surface area contributed by atoms with Gasteiger partial charge in [0.15, 0.2) is 0 Å². The molecule has 0 spiro atoms. The molecule has 0 saturated carbocycles. The van der Waals surface area contributed by atoms with E-state index in [4.69, 9.17) is 9.72 Å². The minimum atomic E-state index is -0.110. The van der Waals surface area contributed by atoms with Crippen molar-refractivity contribution in [2.75, 3.05) is 20.2 Å². The van der Waals surface area contributed by atoms with Gasteiger partial charge in [0.1, 0.15) is 11.6 Å². The normalized spacial score (nSPS) is 17.4. The standard InChI is InChI=1S/C22H24N4O2/c1-28-19-6-2-4-16(12-19)14-26-11-3-5-18(15-26)20-13-21(27)25-22(24-20)17-7-9-23-10-8-17/h2,4,6-10,12-13,18H,3,5,11,14-15H2,1H3,(H,24,25,27). The van der Waals surface area contributed by atoms with Crippen molar-refractivity contribution in [1.29, 1.82) is 0 Å². The number of pyridine rings is 1. The molecule has 1 aromatic carbocycles. The van der Waals surface area contributed by atoms with Crippen LogP contribution in [0.2, 0.25) is 0 Å². The van der Waals surface area contributed by atoms with Gasteiger partial charge in [-0.15, -0.1) is 0 Å². The predicted molar refractivity (Wildman–Crippen MR) is 108 cm³/mol. The molecule has 1 N–H and O–H groups in total. The van der Waals surface area contributed by atoms with Crippen LogP contribution in [0, 0.1) is 0 Å². The fourth-order valence-electron chi connectivity index (χ4n) is 3.80. The lowest BCUT2D eigenvalue weighted by Gasteiger charge is -2.32. The third-order valence-corrected chi connectivity index (χ3v) is 5.18. The summed E-state index contributed by atoms with van der Waals surface area (Å²) in [6.07, 6.45) is 5.55. The molecule has 6 nitrogen and oxygen atoms in total. The van der Waals surface area contributed by atoms with Crippen LogP contribution in [0.25, 0.3) is 11.4 Å². The highest BCUT2D eigenvalue weighted by atomic mass is 16.5. The number of hydrogen-bond acceptors (Lipinski definition) is 5. The number of aromatic nitrogens is 3. The summed E-state index contributed by atoms with van der Waals surface area (Å²) >= 11 is 0. The maximum atomic E-state index is 12.2. The number of ether oxygens (including phenoxy) is 1. The zero-order valence-electron chi connectivity index (χ0n) is 16.0. The summed E-state index contributed by atoms with van der Waals surface area (Å²) in [5.74, 6) is 1.74. The molecule has 1 fully saturated rings.